The Morgan fingerprint density at radius 1 is 1.47 bits per heavy atom. The molecule has 2 rings (SSSR count). The minimum absolute atomic E-state index is 0.0804. The molecule has 0 spiro atoms. The van der Waals surface area contributed by atoms with Crippen LogP contribution in [0.25, 0.3) is 0 Å². The highest BCUT2D eigenvalue weighted by Crippen LogP contribution is 2.48. The molecular weight excluding hydrogens is 242 g/mol. The van der Waals surface area contributed by atoms with Crippen molar-refractivity contribution in [2.24, 2.45) is 22.2 Å². The van der Waals surface area contributed by atoms with Crippen LogP contribution in [0.5, 0.6) is 0 Å². The van der Waals surface area contributed by atoms with Crippen molar-refractivity contribution >= 4 is 11.7 Å². The molecule has 5 nitrogen and oxygen atoms in total. The fraction of sp³-hybridized carbons (Fsp3) is 0.857. The molecule has 0 saturated heterocycles. The fourth-order valence-electron chi connectivity index (χ4n) is 3.16. The highest BCUT2D eigenvalue weighted by Gasteiger charge is 2.55. The summed E-state index contributed by atoms with van der Waals surface area (Å²) >= 11 is 0. The van der Waals surface area contributed by atoms with Gasteiger partial charge in [-0.15, -0.1) is 0 Å². The van der Waals surface area contributed by atoms with Crippen LogP contribution >= 0.6 is 0 Å². The second-order valence-electron chi connectivity index (χ2n) is 6.16. The van der Waals surface area contributed by atoms with E-state index in [1.165, 1.54) is 0 Å². The molecule has 0 aromatic rings. The molecule has 2 aliphatic carbocycles. The molecule has 5 heteroatoms. The van der Waals surface area contributed by atoms with Gasteiger partial charge in [-0.1, -0.05) is 25.4 Å². The quantitative estimate of drug-likeness (QED) is 0.334. The van der Waals surface area contributed by atoms with E-state index in [0.29, 0.717) is 24.8 Å². The molecule has 0 heterocycles. The predicted octanol–water partition coefficient (Wildman–Crippen LogP) is 1.94. The van der Waals surface area contributed by atoms with Gasteiger partial charge in [-0.05, 0) is 38.0 Å². The molecule has 3 N–H and O–H groups in total. The lowest BCUT2D eigenvalue weighted by molar-refractivity contribution is -0.145. The maximum Gasteiger partial charge on any atom is 0.236 e. The van der Waals surface area contributed by atoms with E-state index in [0.717, 1.165) is 32.2 Å². The van der Waals surface area contributed by atoms with Crippen molar-refractivity contribution in [1.82, 2.24) is 4.90 Å². The number of carbonyl (C=O) groups excluding carboxylic acids is 1. The largest absolute Gasteiger partial charge is 0.409 e. The molecule has 0 atom stereocenters. The highest BCUT2D eigenvalue weighted by molar-refractivity contribution is 6.07. The molecular formula is C14H25N3O2. The number of nitrogens with zero attached hydrogens (tertiary/aromatic N) is 2. The van der Waals surface area contributed by atoms with Crippen LogP contribution in [0.15, 0.2) is 5.16 Å². The van der Waals surface area contributed by atoms with Gasteiger partial charge in [0.25, 0.3) is 0 Å². The van der Waals surface area contributed by atoms with Crippen LogP contribution in [0.4, 0.5) is 0 Å². The maximum atomic E-state index is 12.8. The number of oxime groups is 1. The molecule has 0 aromatic heterocycles. The number of amidine groups is 1. The van der Waals surface area contributed by atoms with E-state index in [-0.39, 0.29) is 11.7 Å². The molecule has 0 unspecified atom stereocenters. The minimum Gasteiger partial charge on any atom is -0.409 e. The Morgan fingerprint density at radius 3 is 2.53 bits per heavy atom. The average molecular weight is 267 g/mol. The highest BCUT2D eigenvalue weighted by atomic mass is 16.4. The normalized spacial score (nSPS) is 30.8. The third-order valence-electron chi connectivity index (χ3n) is 4.40. The maximum absolute atomic E-state index is 12.8. The molecule has 2 saturated carbocycles. The zero-order valence-electron chi connectivity index (χ0n) is 11.9. The Morgan fingerprint density at radius 2 is 2.11 bits per heavy atom. The van der Waals surface area contributed by atoms with Crippen molar-refractivity contribution in [1.29, 1.82) is 0 Å². The molecule has 108 valence electrons. The second-order valence-corrected chi connectivity index (χ2v) is 6.16. The van der Waals surface area contributed by atoms with Crippen molar-refractivity contribution < 1.29 is 10.0 Å². The number of hydrogen-bond acceptors (Lipinski definition) is 3. The smallest absolute Gasteiger partial charge is 0.236 e. The summed E-state index contributed by atoms with van der Waals surface area (Å²) in [5, 5.41) is 12.1. The van der Waals surface area contributed by atoms with Gasteiger partial charge >= 0.3 is 0 Å². The number of amides is 1. The van der Waals surface area contributed by atoms with Crippen LogP contribution in [-0.2, 0) is 4.79 Å². The number of hydrogen-bond donors (Lipinski definition) is 2. The van der Waals surface area contributed by atoms with E-state index >= 15 is 0 Å². The Balaban J connectivity index is 2.14. The first-order chi connectivity index (χ1) is 9.05. The van der Waals surface area contributed by atoms with Gasteiger partial charge in [0, 0.05) is 12.6 Å². The predicted molar refractivity (Wildman–Crippen MR) is 73.9 cm³/mol. The molecule has 1 amide bonds. The fourth-order valence-corrected chi connectivity index (χ4v) is 3.16. The summed E-state index contributed by atoms with van der Waals surface area (Å²) in [5.41, 5.74) is 5.08. The SMILES string of the molecule is CCCCN(C(=O)C1(C(N)=NO)CC(C)C1)C1CC1. The third-order valence-corrected chi connectivity index (χ3v) is 4.40. The van der Waals surface area contributed by atoms with Crippen molar-refractivity contribution in [3.05, 3.63) is 0 Å². The van der Waals surface area contributed by atoms with Crippen LogP contribution in [0, 0.1) is 11.3 Å². The summed E-state index contributed by atoms with van der Waals surface area (Å²) in [6, 6.07) is 0.387. The third kappa shape index (κ3) is 2.55. The molecule has 19 heavy (non-hydrogen) atoms. The molecule has 0 bridgehead atoms. The zero-order valence-corrected chi connectivity index (χ0v) is 11.9. The molecule has 0 aromatic carbocycles. The lowest BCUT2D eigenvalue weighted by Crippen LogP contribution is -2.58. The summed E-state index contributed by atoms with van der Waals surface area (Å²) in [7, 11) is 0. The Hall–Kier alpha value is -1.26. The Labute approximate surface area is 114 Å². The van der Waals surface area contributed by atoms with Crippen LogP contribution in [0.1, 0.15) is 52.4 Å². The van der Waals surface area contributed by atoms with Crippen molar-refractivity contribution in [3.8, 4) is 0 Å². The van der Waals surface area contributed by atoms with Crippen LogP contribution in [0.3, 0.4) is 0 Å². The van der Waals surface area contributed by atoms with Crippen LogP contribution in [0.2, 0.25) is 0 Å². The number of nitrogens with two attached hydrogens (primary N) is 1. The van der Waals surface area contributed by atoms with E-state index in [1.807, 2.05) is 4.90 Å². The first-order valence-corrected chi connectivity index (χ1v) is 7.34. The first-order valence-electron chi connectivity index (χ1n) is 7.34. The summed E-state index contributed by atoms with van der Waals surface area (Å²) in [6.07, 6.45) is 5.69. The molecule has 0 radical (unpaired) electrons. The van der Waals surface area contributed by atoms with Gasteiger partial charge in [0.05, 0.1) is 0 Å². The van der Waals surface area contributed by atoms with Gasteiger partial charge < -0.3 is 15.8 Å². The van der Waals surface area contributed by atoms with Crippen LogP contribution in [-0.4, -0.2) is 34.4 Å². The van der Waals surface area contributed by atoms with E-state index in [2.05, 4.69) is 19.0 Å². The zero-order chi connectivity index (χ0) is 14.0. The van der Waals surface area contributed by atoms with Gasteiger partial charge in [-0.2, -0.15) is 0 Å². The lowest BCUT2D eigenvalue weighted by atomic mass is 9.61. The van der Waals surface area contributed by atoms with Crippen molar-refractivity contribution in [2.45, 2.75) is 58.4 Å². The summed E-state index contributed by atoms with van der Waals surface area (Å²) in [6.45, 7) is 5.03. The Bertz CT molecular complexity index is 371. The number of unbranched alkanes of at least 4 members (excludes halogenated alkanes) is 1. The summed E-state index contributed by atoms with van der Waals surface area (Å²) in [5.74, 6) is 0.645. The number of carbonyl (C=O) groups is 1. The van der Waals surface area contributed by atoms with E-state index < -0.39 is 5.41 Å². The van der Waals surface area contributed by atoms with Gasteiger partial charge in [0.1, 0.15) is 5.41 Å². The van der Waals surface area contributed by atoms with Gasteiger partial charge in [0.2, 0.25) is 5.91 Å². The first kappa shape index (κ1) is 14.2. The standard InChI is InChI=1S/C14H25N3O2/c1-3-4-7-17(11-5-6-11)13(18)14(12(15)16-19)8-10(2)9-14/h10-11,19H,3-9H2,1-2H3,(H2,15,16). The average Bonchev–Trinajstić information content (AvgIpc) is 3.18. The van der Waals surface area contributed by atoms with Gasteiger partial charge in [-0.3, -0.25) is 4.79 Å². The van der Waals surface area contributed by atoms with Crippen molar-refractivity contribution in [2.75, 3.05) is 6.54 Å². The van der Waals surface area contributed by atoms with E-state index in [1.54, 1.807) is 0 Å². The minimum atomic E-state index is -0.732. The summed E-state index contributed by atoms with van der Waals surface area (Å²) in [4.78, 5) is 14.8. The van der Waals surface area contributed by atoms with E-state index in [9.17, 15) is 4.79 Å². The molecule has 0 aliphatic heterocycles. The molecule has 2 aliphatic rings. The van der Waals surface area contributed by atoms with Crippen LogP contribution < -0.4 is 5.73 Å². The second kappa shape index (κ2) is 5.39. The van der Waals surface area contributed by atoms with Gasteiger partial charge in [-0.25, -0.2) is 0 Å². The van der Waals surface area contributed by atoms with Gasteiger partial charge in [0.15, 0.2) is 5.84 Å². The topological polar surface area (TPSA) is 78.9 Å². The Kier molecular flexibility index (Phi) is 4.02. The lowest BCUT2D eigenvalue weighted by Gasteiger charge is -2.46. The number of rotatable bonds is 6. The van der Waals surface area contributed by atoms with Crippen molar-refractivity contribution in [3.63, 3.8) is 0 Å². The van der Waals surface area contributed by atoms with E-state index in [4.69, 9.17) is 10.9 Å². The molecule has 2 fully saturated rings. The summed E-state index contributed by atoms with van der Waals surface area (Å²) < 4.78 is 0. The monoisotopic (exact) mass is 267 g/mol.